The summed E-state index contributed by atoms with van der Waals surface area (Å²) in [6, 6.07) is 0. The normalized spacial score (nSPS) is 13.2. The Morgan fingerprint density at radius 3 is 1.58 bits per heavy atom. The predicted octanol–water partition coefficient (Wildman–Crippen LogP) is 3.66. The first-order valence-corrected chi connectivity index (χ1v) is 7.35. The number of carbonyl (C=O) groups excluding carboxylic acids is 2. The Bertz CT molecular complexity index is 275. The summed E-state index contributed by atoms with van der Waals surface area (Å²) in [5, 5.41) is 0. The van der Waals surface area contributed by atoms with Crippen molar-refractivity contribution in [3.8, 4) is 0 Å². The summed E-state index contributed by atoms with van der Waals surface area (Å²) in [5.74, 6) is 1.42. The minimum atomic E-state index is 0.602. The van der Waals surface area contributed by atoms with E-state index in [0.29, 0.717) is 24.9 Å². The van der Waals surface area contributed by atoms with Gasteiger partial charge in [0, 0.05) is 0 Å². The lowest BCUT2D eigenvalue weighted by Crippen LogP contribution is -2.09. The highest BCUT2D eigenvalue weighted by Crippen LogP contribution is 2.26. The lowest BCUT2D eigenvalue weighted by molar-refractivity contribution is 0.315. The van der Waals surface area contributed by atoms with Crippen LogP contribution in [0.25, 0.3) is 0 Å². The lowest BCUT2D eigenvalue weighted by atomic mass is 9.85. The van der Waals surface area contributed by atoms with Gasteiger partial charge in [-0.1, -0.05) is 26.7 Å². The van der Waals surface area contributed by atoms with E-state index >= 15 is 0 Å². The van der Waals surface area contributed by atoms with Crippen LogP contribution in [0.15, 0.2) is 9.98 Å². The number of isocyanates is 2. The maximum atomic E-state index is 9.99. The molecule has 0 aromatic carbocycles. The van der Waals surface area contributed by atoms with Crippen LogP contribution in [0.4, 0.5) is 0 Å². The molecular weight excluding hydrogens is 240 g/mol. The molecule has 0 aromatic heterocycles. The van der Waals surface area contributed by atoms with E-state index in [-0.39, 0.29) is 0 Å². The van der Waals surface area contributed by atoms with Gasteiger partial charge in [0.2, 0.25) is 12.2 Å². The monoisotopic (exact) mass is 266 g/mol. The highest BCUT2D eigenvalue weighted by atomic mass is 16.1. The van der Waals surface area contributed by atoms with Gasteiger partial charge >= 0.3 is 0 Å². The van der Waals surface area contributed by atoms with Crippen molar-refractivity contribution in [1.29, 1.82) is 0 Å². The van der Waals surface area contributed by atoms with Gasteiger partial charge in [0.15, 0.2) is 0 Å². The summed E-state index contributed by atoms with van der Waals surface area (Å²) >= 11 is 0. The summed E-state index contributed by atoms with van der Waals surface area (Å²) in [7, 11) is 0. The molecule has 0 saturated heterocycles. The van der Waals surface area contributed by atoms with E-state index < -0.39 is 0 Å². The third-order valence-electron chi connectivity index (χ3n) is 3.72. The fourth-order valence-electron chi connectivity index (χ4n) is 2.46. The molecule has 0 heterocycles. The molecular formula is C15H26N2O2. The summed E-state index contributed by atoms with van der Waals surface area (Å²) < 4.78 is 0. The first kappa shape index (κ1) is 17.8. The second-order valence-electron chi connectivity index (χ2n) is 5.01. The number of aliphatic imine (C=N–C) groups is 2. The molecule has 4 nitrogen and oxygen atoms in total. The van der Waals surface area contributed by atoms with Gasteiger partial charge < -0.3 is 0 Å². The van der Waals surface area contributed by atoms with E-state index in [1.165, 1.54) is 19.3 Å². The third-order valence-corrected chi connectivity index (χ3v) is 3.72. The minimum Gasteiger partial charge on any atom is -0.211 e. The van der Waals surface area contributed by atoms with Gasteiger partial charge in [-0.2, -0.15) is 0 Å². The second-order valence-corrected chi connectivity index (χ2v) is 5.01. The lowest BCUT2D eigenvalue weighted by Gasteiger charge is -2.21. The maximum Gasteiger partial charge on any atom is 0.234 e. The molecule has 2 unspecified atom stereocenters. The van der Waals surface area contributed by atoms with E-state index in [0.717, 1.165) is 25.7 Å². The molecule has 0 fully saturated rings. The number of hydrogen-bond acceptors (Lipinski definition) is 4. The topological polar surface area (TPSA) is 58.9 Å². The van der Waals surface area contributed by atoms with Crippen LogP contribution in [0.3, 0.4) is 0 Å². The molecule has 0 rings (SSSR count). The zero-order valence-electron chi connectivity index (χ0n) is 12.2. The van der Waals surface area contributed by atoms with Crippen LogP contribution < -0.4 is 0 Å². The molecule has 0 saturated carbocycles. The zero-order valence-corrected chi connectivity index (χ0v) is 12.2. The van der Waals surface area contributed by atoms with Crippen LogP contribution in [0.1, 0.15) is 58.8 Å². The van der Waals surface area contributed by atoms with Gasteiger partial charge in [0.05, 0.1) is 13.1 Å². The molecule has 108 valence electrons. The van der Waals surface area contributed by atoms with E-state index in [1.54, 1.807) is 12.2 Å². The van der Waals surface area contributed by atoms with E-state index in [9.17, 15) is 9.59 Å². The molecule has 4 heteroatoms. The Kier molecular flexibility index (Phi) is 12.3. The molecule has 0 N–H and O–H groups in total. The number of rotatable bonds is 12. The van der Waals surface area contributed by atoms with Crippen molar-refractivity contribution in [3.05, 3.63) is 0 Å². The average Bonchev–Trinajstić information content (AvgIpc) is 2.44. The molecule has 0 aliphatic rings. The zero-order chi connectivity index (χ0) is 14.3. The van der Waals surface area contributed by atoms with Crippen molar-refractivity contribution in [1.82, 2.24) is 0 Å². The SMILES string of the molecule is CCC(CCCN=C=O)CC(CC)CCCN=C=O. The van der Waals surface area contributed by atoms with Crippen molar-refractivity contribution in [3.63, 3.8) is 0 Å². The van der Waals surface area contributed by atoms with Crippen LogP contribution in [-0.2, 0) is 9.59 Å². The van der Waals surface area contributed by atoms with Crippen molar-refractivity contribution >= 4 is 12.2 Å². The van der Waals surface area contributed by atoms with Crippen molar-refractivity contribution < 1.29 is 9.59 Å². The molecule has 19 heavy (non-hydrogen) atoms. The Balaban J connectivity index is 3.94. The Morgan fingerprint density at radius 1 is 0.842 bits per heavy atom. The average molecular weight is 266 g/mol. The minimum absolute atomic E-state index is 0.602. The molecule has 0 spiro atoms. The highest BCUT2D eigenvalue weighted by Gasteiger charge is 2.13. The van der Waals surface area contributed by atoms with Crippen LogP contribution in [0.5, 0.6) is 0 Å². The van der Waals surface area contributed by atoms with E-state index in [4.69, 9.17) is 0 Å². The molecule has 0 bridgehead atoms. The number of hydrogen-bond donors (Lipinski definition) is 0. The van der Waals surface area contributed by atoms with Crippen LogP contribution >= 0.6 is 0 Å². The van der Waals surface area contributed by atoms with Crippen molar-refractivity contribution in [2.45, 2.75) is 58.8 Å². The highest BCUT2D eigenvalue weighted by molar-refractivity contribution is 5.32. The molecule has 0 radical (unpaired) electrons. The third kappa shape index (κ3) is 10.4. The van der Waals surface area contributed by atoms with E-state index in [2.05, 4.69) is 23.8 Å². The first-order chi connectivity index (χ1) is 9.28. The number of nitrogens with zero attached hydrogens (tertiary/aromatic N) is 2. The summed E-state index contributed by atoms with van der Waals surface area (Å²) in [5.41, 5.74) is 0. The summed E-state index contributed by atoms with van der Waals surface area (Å²) in [6.07, 6.45) is 10.9. The van der Waals surface area contributed by atoms with Crippen LogP contribution in [0.2, 0.25) is 0 Å². The smallest absolute Gasteiger partial charge is 0.211 e. The second kappa shape index (κ2) is 13.2. The Morgan fingerprint density at radius 2 is 1.26 bits per heavy atom. The molecule has 2 atom stereocenters. The molecule has 0 aromatic rings. The predicted molar refractivity (Wildman–Crippen MR) is 76.6 cm³/mol. The Labute approximate surface area is 116 Å². The fourth-order valence-corrected chi connectivity index (χ4v) is 2.46. The van der Waals surface area contributed by atoms with Gasteiger partial charge in [0.1, 0.15) is 0 Å². The maximum absolute atomic E-state index is 9.99. The molecule has 0 aliphatic heterocycles. The quantitative estimate of drug-likeness (QED) is 0.307. The molecule has 0 amide bonds. The fraction of sp³-hybridized carbons (Fsp3) is 0.867. The van der Waals surface area contributed by atoms with Gasteiger partial charge in [-0.3, -0.25) is 0 Å². The summed E-state index contributed by atoms with van der Waals surface area (Å²) in [4.78, 5) is 27.2. The van der Waals surface area contributed by atoms with Gasteiger partial charge in [-0.05, 0) is 43.9 Å². The van der Waals surface area contributed by atoms with Crippen LogP contribution in [0, 0.1) is 11.8 Å². The van der Waals surface area contributed by atoms with E-state index in [1.807, 2.05) is 0 Å². The van der Waals surface area contributed by atoms with Crippen LogP contribution in [-0.4, -0.2) is 25.2 Å². The Hall–Kier alpha value is -1.24. The van der Waals surface area contributed by atoms with Crippen molar-refractivity contribution in [2.75, 3.05) is 13.1 Å². The standard InChI is InChI=1S/C15H26N2O2/c1-3-14(7-5-9-16-12-18)11-15(4-2)8-6-10-17-13-19/h14-15H,3-11H2,1-2H3. The largest absolute Gasteiger partial charge is 0.234 e. The first-order valence-electron chi connectivity index (χ1n) is 7.35. The van der Waals surface area contributed by atoms with Crippen molar-refractivity contribution in [2.24, 2.45) is 21.8 Å². The van der Waals surface area contributed by atoms with Gasteiger partial charge in [-0.25, -0.2) is 19.6 Å². The molecule has 0 aliphatic carbocycles. The van der Waals surface area contributed by atoms with Gasteiger partial charge in [-0.15, -0.1) is 0 Å². The van der Waals surface area contributed by atoms with Gasteiger partial charge in [0.25, 0.3) is 0 Å². The summed E-state index contributed by atoms with van der Waals surface area (Å²) in [6.45, 7) is 5.64.